The molecule has 0 saturated carbocycles. The minimum absolute atomic E-state index is 0.0893. The van der Waals surface area contributed by atoms with E-state index < -0.39 is 0 Å². The van der Waals surface area contributed by atoms with Crippen molar-refractivity contribution in [3.8, 4) is 0 Å². The zero-order chi connectivity index (χ0) is 11.9. The zero-order valence-corrected chi connectivity index (χ0v) is 11.9. The molecule has 3 heteroatoms. The van der Waals surface area contributed by atoms with E-state index in [0.29, 0.717) is 0 Å². The van der Waals surface area contributed by atoms with Gasteiger partial charge in [0.15, 0.2) is 0 Å². The van der Waals surface area contributed by atoms with Gasteiger partial charge in [-0.2, -0.15) is 0 Å². The van der Waals surface area contributed by atoms with Crippen molar-refractivity contribution in [3.63, 3.8) is 0 Å². The number of fused-ring (bicyclic) bond motifs is 1. The average Bonchev–Trinajstić information content (AvgIpc) is 2.81. The first-order valence-electron chi connectivity index (χ1n) is 5.73. The van der Waals surface area contributed by atoms with E-state index in [2.05, 4.69) is 51.6 Å². The minimum Gasteiger partial charge on any atom is -0.324 e. The van der Waals surface area contributed by atoms with Crippen LogP contribution in [-0.4, -0.2) is 5.54 Å². The molecule has 0 saturated heterocycles. The van der Waals surface area contributed by atoms with Crippen LogP contribution in [0.25, 0.3) is 0 Å². The molecule has 1 aromatic heterocycles. The van der Waals surface area contributed by atoms with Crippen molar-refractivity contribution in [3.05, 3.63) is 56.2 Å². The van der Waals surface area contributed by atoms with Gasteiger partial charge in [-0.15, -0.1) is 11.3 Å². The average molecular weight is 308 g/mol. The van der Waals surface area contributed by atoms with E-state index in [9.17, 15) is 0 Å². The van der Waals surface area contributed by atoms with Crippen molar-refractivity contribution in [1.29, 1.82) is 0 Å². The smallest absolute Gasteiger partial charge is 0.0285 e. The fourth-order valence-electron chi connectivity index (χ4n) is 2.64. The van der Waals surface area contributed by atoms with Gasteiger partial charge in [-0.25, -0.2) is 0 Å². The Kier molecular flexibility index (Phi) is 2.85. The summed E-state index contributed by atoms with van der Waals surface area (Å²) in [7, 11) is 0. The number of hydrogen-bond acceptors (Lipinski definition) is 2. The van der Waals surface area contributed by atoms with Crippen LogP contribution in [0.2, 0.25) is 0 Å². The summed E-state index contributed by atoms with van der Waals surface area (Å²) in [6.07, 6.45) is 2.97. The van der Waals surface area contributed by atoms with Gasteiger partial charge in [-0.05, 0) is 46.0 Å². The van der Waals surface area contributed by atoms with Crippen LogP contribution in [0.5, 0.6) is 0 Å². The van der Waals surface area contributed by atoms with Crippen LogP contribution in [0.15, 0.2) is 40.2 Å². The maximum Gasteiger partial charge on any atom is 0.0285 e. The summed E-state index contributed by atoms with van der Waals surface area (Å²) < 4.78 is 1.16. The van der Waals surface area contributed by atoms with Crippen molar-refractivity contribution in [2.75, 3.05) is 0 Å². The van der Waals surface area contributed by atoms with Crippen LogP contribution >= 0.6 is 27.3 Å². The Labute approximate surface area is 114 Å². The zero-order valence-electron chi connectivity index (χ0n) is 9.45. The van der Waals surface area contributed by atoms with Crippen molar-refractivity contribution < 1.29 is 0 Å². The SMILES string of the molecule is NC1(Cc2cc(Br)cs2)Cc2ccccc2C1. The van der Waals surface area contributed by atoms with E-state index in [1.807, 2.05) is 0 Å². The summed E-state index contributed by atoms with van der Waals surface area (Å²) >= 11 is 5.28. The lowest BCUT2D eigenvalue weighted by molar-refractivity contribution is 0.449. The van der Waals surface area contributed by atoms with Gasteiger partial charge >= 0.3 is 0 Å². The highest BCUT2D eigenvalue weighted by Crippen LogP contribution is 2.32. The Balaban J connectivity index is 1.82. The second-order valence-corrected chi connectivity index (χ2v) is 6.80. The van der Waals surface area contributed by atoms with Crippen LogP contribution in [-0.2, 0) is 19.3 Å². The molecule has 3 rings (SSSR count). The summed E-state index contributed by atoms with van der Waals surface area (Å²) in [6, 6.07) is 10.8. The van der Waals surface area contributed by atoms with E-state index in [-0.39, 0.29) is 5.54 Å². The van der Waals surface area contributed by atoms with Crippen molar-refractivity contribution in [1.82, 2.24) is 0 Å². The Bertz CT molecular complexity index is 522. The van der Waals surface area contributed by atoms with Gasteiger partial charge in [0.2, 0.25) is 0 Å². The number of halogens is 1. The molecule has 0 fully saturated rings. The number of hydrogen-bond donors (Lipinski definition) is 1. The lowest BCUT2D eigenvalue weighted by Gasteiger charge is -2.22. The highest BCUT2D eigenvalue weighted by molar-refractivity contribution is 9.10. The predicted molar refractivity (Wildman–Crippen MR) is 76.5 cm³/mol. The van der Waals surface area contributed by atoms with Crippen LogP contribution < -0.4 is 5.73 Å². The molecule has 2 N–H and O–H groups in total. The molecule has 1 nitrogen and oxygen atoms in total. The normalized spacial score (nSPS) is 17.1. The van der Waals surface area contributed by atoms with Gasteiger partial charge in [0.25, 0.3) is 0 Å². The molecule has 0 atom stereocenters. The number of nitrogens with two attached hydrogens (primary N) is 1. The number of rotatable bonds is 2. The minimum atomic E-state index is -0.0893. The standard InChI is InChI=1S/C14H14BrNS/c15-12-5-13(17-9-12)8-14(16)6-10-3-1-2-4-11(10)7-14/h1-5,9H,6-8,16H2. The molecule has 88 valence electrons. The van der Waals surface area contributed by atoms with Gasteiger partial charge in [0.1, 0.15) is 0 Å². The Morgan fingerprint density at radius 2 is 1.88 bits per heavy atom. The maximum absolute atomic E-state index is 6.54. The lowest BCUT2D eigenvalue weighted by Crippen LogP contribution is -2.42. The van der Waals surface area contributed by atoms with Crippen LogP contribution in [0.4, 0.5) is 0 Å². The molecule has 1 heterocycles. The topological polar surface area (TPSA) is 26.0 Å². The van der Waals surface area contributed by atoms with Gasteiger partial charge < -0.3 is 5.73 Å². The largest absolute Gasteiger partial charge is 0.324 e. The Morgan fingerprint density at radius 3 is 2.41 bits per heavy atom. The van der Waals surface area contributed by atoms with Crippen molar-refractivity contribution in [2.45, 2.75) is 24.8 Å². The molecular weight excluding hydrogens is 294 g/mol. The van der Waals surface area contributed by atoms with E-state index in [1.165, 1.54) is 16.0 Å². The number of benzene rings is 1. The molecule has 1 aliphatic carbocycles. The molecule has 0 aliphatic heterocycles. The first-order chi connectivity index (χ1) is 8.15. The highest BCUT2D eigenvalue weighted by Gasteiger charge is 2.33. The first kappa shape index (κ1) is 11.5. The van der Waals surface area contributed by atoms with Crippen LogP contribution in [0, 0.1) is 0 Å². The summed E-state index contributed by atoms with van der Waals surface area (Å²) in [6.45, 7) is 0. The summed E-state index contributed by atoms with van der Waals surface area (Å²) in [5.41, 5.74) is 9.30. The van der Waals surface area contributed by atoms with Gasteiger partial charge in [0, 0.05) is 26.7 Å². The van der Waals surface area contributed by atoms with E-state index >= 15 is 0 Å². The second-order valence-electron chi connectivity index (χ2n) is 4.89. The monoisotopic (exact) mass is 307 g/mol. The fourth-order valence-corrected chi connectivity index (χ4v) is 4.25. The third-order valence-corrected chi connectivity index (χ3v) is 5.05. The fraction of sp³-hybridized carbons (Fsp3) is 0.286. The molecule has 0 radical (unpaired) electrons. The highest BCUT2D eigenvalue weighted by atomic mass is 79.9. The van der Waals surface area contributed by atoms with Crippen LogP contribution in [0.3, 0.4) is 0 Å². The number of thiophene rings is 1. The molecule has 0 unspecified atom stereocenters. The van der Waals surface area contributed by atoms with Crippen molar-refractivity contribution >= 4 is 27.3 Å². The first-order valence-corrected chi connectivity index (χ1v) is 7.40. The van der Waals surface area contributed by atoms with Gasteiger partial charge in [0.05, 0.1) is 0 Å². The summed E-state index contributed by atoms with van der Waals surface area (Å²) in [5.74, 6) is 0. The Hall–Kier alpha value is -0.640. The molecule has 17 heavy (non-hydrogen) atoms. The molecular formula is C14H14BrNS. The molecule has 1 aliphatic rings. The second kappa shape index (κ2) is 4.23. The third kappa shape index (κ3) is 2.32. The molecule has 2 aromatic rings. The molecule has 0 amide bonds. The van der Waals surface area contributed by atoms with Crippen molar-refractivity contribution in [2.24, 2.45) is 5.73 Å². The summed E-state index contributed by atoms with van der Waals surface area (Å²) in [4.78, 5) is 1.37. The van der Waals surface area contributed by atoms with Gasteiger partial charge in [-0.3, -0.25) is 0 Å². The van der Waals surface area contributed by atoms with E-state index in [4.69, 9.17) is 5.73 Å². The Morgan fingerprint density at radius 1 is 1.24 bits per heavy atom. The summed E-state index contributed by atoms with van der Waals surface area (Å²) in [5, 5.41) is 2.13. The van der Waals surface area contributed by atoms with Gasteiger partial charge in [-0.1, -0.05) is 24.3 Å². The molecule has 0 spiro atoms. The predicted octanol–water partition coefficient (Wildman–Crippen LogP) is 3.55. The quantitative estimate of drug-likeness (QED) is 0.902. The van der Waals surface area contributed by atoms with E-state index in [0.717, 1.165) is 23.7 Å². The third-order valence-electron chi connectivity index (χ3n) is 3.35. The maximum atomic E-state index is 6.54. The van der Waals surface area contributed by atoms with E-state index in [1.54, 1.807) is 11.3 Å². The van der Waals surface area contributed by atoms with Crippen LogP contribution in [0.1, 0.15) is 16.0 Å². The molecule has 1 aromatic carbocycles. The molecule has 0 bridgehead atoms. The lowest BCUT2D eigenvalue weighted by atomic mass is 9.92.